The molecule has 0 bridgehead atoms. The minimum absolute atomic E-state index is 0.0102. The van der Waals surface area contributed by atoms with Crippen molar-refractivity contribution in [3.8, 4) is 0 Å². The summed E-state index contributed by atoms with van der Waals surface area (Å²) in [7, 11) is -3.58. The molecule has 0 aliphatic heterocycles. The molecule has 2 aromatic rings. The van der Waals surface area contributed by atoms with Gasteiger partial charge >= 0.3 is 5.97 Å². The molecule has 0 fully saturated rings. The third kappa shape index (κ3) is 3.53. The molecule has 1 aromatic heterocycles. The molecule has 4 nitrogen and oxygen atoms in total. The summed E-state index contributed by atoms with van der Waals surface area (Å²) in [5, 5.41) is 9.08. The van der Waals surface area contributed by atoms with E-state index in [1.165, 1.54) is 23.5 Å². The second-order valence-electron chi connectivity index (χ2n) is 4.69. The molecule has 2 rings (SSSR count). The maximum absolute atomic E-state index is 12.6. The van der Waals surface area contributed by atoms with Crippen molar-refractivity contribution in [1.29, 1.82) is 0 Å². The van der Waals surface area contributed by atoms with Crippen LogP contribution in [-0.4, -0.2) is 19.5 Å². The van der Waals surface area contributed by atoms with Crippen molar-refractivity contribution >= 4 is 43.1 Å². The van der Waals surface area contributed by atoms with Crippen LogP contribution in [-0.2, 0) is 15.6 Å². The number of hydrogen-bond donors (Lipinski definition) is 1. The van der Waals surface area contributed by atoms with Crippen LogP contribution in [0.2, 0.25) is 0 Å². The predicted molar refractivity (Wildman–Crippen MR) is 85.8 cm³/mol. The number of sulfone groups is 1. The normalized spacial score (nSPS) is 11.6. The van der Waals surface area contributed by atoms with Gasteiger partial charge in [-0.15, -0.1) is 11.3 Å². The second-order valence-corrected chi connectivity index (χ2v) is 9.19. The molecule has 0 amide bonds. The van der Waals surface area contributed by atoms with E-state index in [9.17, 15) is 13.2 Å². The van der Waals surface area contributed by atoms with E-state index in [1.54, 1.807) is 26.0 Å². The Labute approximate surface area is 135 Å². The molecule has 1 heterocycles. The van der Waals surface area contributed by atoms with E-state index in [2.05, 4.69) is 15.9 Å². The minimum atomic E-state index is -3.58. The molecule has 112 valence electrons. The van der Waals surface area contributed by atoms with Crippen LogP contribution >= 0.6 is 27.3 Å². The van der Waals surface area contributed by atoms with Crippen LogP contribution < -0.4 is 0 Å². The number of benzene rings is 1. The molecular formula is C14H13BrO4S2. The summed E-state index contributed by atoms with van der Waals surface area (Å²) in [5.41, 5.74) is 1.24. The van der Waals surface area contributed by atoms with Crippen molar-refractivity contribution in [3.05, 3.63) is 49.6 Å². The molecule has 7 heteroatoms. The van der Waals surface area contributed by atoms with E-state index in [4.69, 9.17) is 5.11 Å². The van der Waals surface area contributed by atoms with Crippen LogP contribution in [0, 0.1) is 13.8 Å². The van der Waals surface area contributed by atoms with Gasteiger partial charge in [0.1, 0.15) is 0 Å². The topological polar surface area (TPSA) is 71.4 Å². The Balaban J connectivity index is 2.51. The van der Waals surface area contributed by atoms with Gasteiger partial charge in [-0.3, -0.25) is 0 Å². The fourth-order valence-corrected chi connectivity index (χ4v) is 5.51. The second kappa shape index (κ2) is 5.90. The third-order valence-corrected chi connectivity index (χ3v) is 6.75. The SMILES string of the molecule is Cc1cc(C(=O)O)cc(S(=O)(=O)Cc2ccc(Br)s2)c1C. The molecule has 0 unspecified atom stereocenters. The van der Waals surface area contributed by atoms with Crippen molar-refractivity contribution in [2.24, 2.45) is 0 Å². The summed E-state index contributed by atoms with van der Waals surface area (Å²) in [6, 6.07) is 6.26. The lowest BCUT2D eigenvalue weighted by atomic mass is 10.1. The summed E-state index contributed by atoms with van der Waals surface area (Å²) in [4.78, 5) is 11.9. The predicted octanol–water partition coefficient (Wildman–Crippen LogP) is 3.80. The van der Waals surface area contributed by atoms with Crippen molar-refractivity contribution in [1.82, 2.24) is 0 Å². The number of carboxylic acids is 1. The van der Waals surface area contributed by atoms with E-state index in [0.29, 0.717) is 16.0 Å². The molecule has 1 N–H and O–H groups in total. The third-order valence-electron chi connectivity index (χ3n) is 3.16. The van der Waals surface area contributed by atoms with Gasteiger partial charge in [0.25, 0.3) is 0 Å². The van der Waals surface area contributed by atoms with Crippen LogP contribution in [0.15, 0.2) is 32.9 Å². The Morgan fingerprint density at radius 1 is 1.29 bits per heavy atom. The lowest BCUT2D eigenvalue weighted by Crippen LogP contribution is -2.09. The van der Waals surface area contributed by atoms with Gasteiger partial charge in [-0.05, 0) is 65.2 Å². The van der Waals surface area contributed by atoms with E-state index in [-0.39, 0.29) is 16.2 Å². The van der Waals surface area contributed by atoms with Gasteiger partial charge in [-0.2, -0.15) is 0 Å². The van der Waals surface area contributed by atoms with Crippen molar-refractivity contribution in [2.75, 3.05) is 0 Å². The molecule has 0 saturated heterocycles. The van der Waals surface area contributed by atoms with Gasteiger partial charge in [0.05, 0.1) is 20.0 Å². The smallest absolute Gasteiger partial charge is 0.335 e. The lowest BCUT2D eigenvalue weighted by molar-refractivity contribution is 0.0696. The molecule has 0 saturated carbocycles. The zero-order valence-electron chi connectivity index (χ0n) is 11.4. The first-order valence-electron chi connectivity index (χ1n) is 6.02. The summed E-state index contributed by atoms with van der Waals surface area (Å²) >= 11 is 4.65. The fraction of sp³-hybridized carbons (Fsp3) is 0.214. The van der Waals surface area contributed by atoms with E-state index in [1.807, 2.05) is 0 Å². The lowest BCUT2D eigenvalue weighted by Gasteiger charge is -2.11. The van der Waals surface area contributed by atoms with Crippen LogP contribution in [0.4, 0.5) is 0 Å². The van der Waals surface area contributed by atoms with E-state index in [0.717, 1.165) is 3.79 Å². The Morgan fingerprint density at radius 2 is 1.95 bits per heavy atom. The average Bonchev–Trinajstić information content (AvgIpc) is 2.76. The number of aryl methyl sites for hydroxylation is 1. The number of thiophene rings is 1. The quantitative estimate of drug-likeness (QED) is 0.864. The molecule has 1 aromatic carbocycles. The minimum Gasteiger partial charge on any atom is -0.478 e. The summed E-state index contributed by atoms with van der Waals surface area (Å²) in [6.07, 6.45) is 0. The van der Waals surface area contributed by atoms with Crippen LogP contribution in [0.3, 0.4) is 0 Å². The summed E-state index contributed by atoms with van der Waals surface area (Å²) in [5.74, 6) is -1.26. The van der Waals surface area contributed by atoms with Gasteiger partial charge in [-0.1, -0.05) is 0 Å². The Hall–Kier alpha value is -1.18. The average molecular weight is 389 g/mol. The molecule has 0 aliphatic carbocycles. The first kappa shape index (κ1) is 16.2. The van der Waals surface area contributed by atoms with E-state index >= 15 is 0 Å². The van der Waals surface area contributed by atoms with Crippen molar-refractivity contribution in [2.45, 2.75) is 24.5 Å². The monoisotopic (exact) mass is 388 g/mol. The first-order chi connectivity index (χ1) is 9.70. The van der Waals surface area contributed by atoms with Gasteiger partial charge in [0, 0.05) is 4.88 Å². The summed E-state index contributed by atoms with van der Waals surface area (Å²) in [6.45, 7) is 3.40. The highest BCUT2D eigenvalue weighted by Gasteiger charge is 2.22. The fourth-order valence-electron chi connectivity index (χ4n) is 1.97. The summed E-state index contributed by atoms with van der Waals surface area (Å²) < 4.78 is 26.0. The van der Waals surface area contributed by atoms with Gasteiger partial charge in [-0.25, -0.2) is 13.2 Å². The molecule has 21 heavy (non-hydrogen) atoms. The van der Waals surface area contributed by atoms with Crippen LogP contribution in [0.25, 0.3) is 0 Å². The number of hydrogen-bond acceptors (Lipinski definition) is 4. The largest absolute Gasteiger partial charge is 0.478 e. The van der Waals surface area contributed by atoms with E-state index < -0.39 is 15.8 Å². The highest BCUT2D eigenvalue weighted by atomic mass is 79.9. The molecule has 0 atom stereocenters. The standard InChI is InChI=1S/C14H13BrO4S2/c1-8-5-10(14(16)17)6-12(9(8)2)21(18,19)7-11-3-4-13(15)20-11/h3-6H,7H2,1-2H3,(H,16,17). The number of aromatic carboxylic acids is 1. The number of rotatable bonds is 4. The van der Waals surface area contributed by atoms with Crippen LogP contribution in [0.5, 0.6) is 0 Å². The zero-order valence-corrected chi connectivity index (χ0v) is 14.6. The van der Waals surface area contributed by atoms with Gasteiger partial charge in [0.15, 0.2) is 9.84 Å². The van der Waals surface area contributed by atoms with Crippen molar-refractivity contribution in [3.63, 3.8) is 0 Å². The first-order valence-corrected chi connectivity index (χ1v) is 9.28. The molecule has 0 radical (unpaired) electrons. The molecule has 0 spiro atoms. The number of halogens is 1. The Bertz CT molecular complexity index is 806. The number of carboxylic acid groups (broad SMARTS) is 1. The van der Waals surface area contributed by atoms with Crippen LogP contribution in [0.1, 0.15) is 26.4 Å². The van der Waals surface area contributed by atoms with Crippen molar-refractivity contribution < 1.29 is 18.3 Å². The highest BCUT2D eigenvalue weighted by Crippen LogP contribution is 2.28. The zero-order chi connectivity index (χ0) is 15.8. The maximum atomic E-state index is 12.6. The Kier molecular flexibility index (Phi) is 4.55. The van der Waals surface area contributed by atoms with Gasteiger partial charge in [0.2, 0.25) is 0 Å². The molecule has 0 aliphatic rings. The van der Waals surface area contributed by atoms with Gasteiger partial charge < -0.3 is 5.11 Å². The Morgan fingerprint density at radius 3 is 2.48 bits per heavy atom. The maximum Gasteiger partial charge on any atom is 0.335 e. The number of carbonyl (C=O) groups is 1. The molecular weight excluding hydrogens is 376 g/mol. The highest BCUT2D eigenvalue weighted by molar-refractivity contribution is 9.11.